The number of aliphatic carboxylic acids is 1. The van der Waals surface area contributed by atoms with Crippen LogP contribution in [0.15, 0.2) is 18.2 Å². The minimum Gasteiger partial charge on any atom is -0.480 e. The van der Waals surface area contributed by atoms with Gasteiger partial charge >= 0.3 is 5.97 Å². The first-order valence-corrected chi connectivity index (χ1v) is 5.95. The van der Waals surface area contributed by atoms with Crippen LogP contribution in [-0.2, 0) is 4.79 Å². The molecule has 1 aliphatic rings. The van der Waals surface area contributed by atoms with E-state index < -0.39 is 17.9 Å². The van der Waals surface area contributed by atoms with E-state index in [0.717, 1.165) is 12.8 Å². The minimum atomic E-state index is -1.01. The summed E-state index contributed by atoms with van der Waals surface area (Å²) in [6.07, 6.45) is 1.66. The van der Waals surface area contributed by atoms with Gasteiger partial charge in [-0.3, -0.25) is 4.79 Å². The number of carboxylic acid groups (broad SMARTS) is 1. The van der Waals surface area contributed by atoms with Crippen LogP contribution in [0.1, 0.15) is 23.2 Å². The molecule has 1 atom stereocenters. The molecule has 1 fully saturated rings. The molecule has 5 nitrogen and oxygen atoms in total. The summed E-state index contributed by atoms with van der Waals surface area (Å²) in [6.45, 7) is 0. The lowest BCUT2D eigenvalue weighted by molar-refractivity contribution is -0.139. The monoisotopic (exact) mass is 268 g/mol. The van der Waals surface area contributed by atoms with Crippen LogP contribution in [0.5, 0.6) is 0 Å². The van der Waals surface area contributed by atoms with Crippen molar-refractivity contribution in [2.45, 2.75) is 18.9 Å². The number of anilines is 1. The Morgan fingerprint density at radius 2 is 2.06 bits per heavy atom. The molecule has 0 radical (unpaired) electrons. The van der Waals surface area contributed by atoms with Gasteiger partial charge in [-0.2, -0.15) is 0 Å². The van der Waals surface area contributed by atoms with Crippen molar-refractivity contribution in [1.82, 2.24) is 5.32 Å². The Balaban J connectivity index is 2.13. The number of amides is 1. The molecule has 0 aromatic heterocycles. The second kappa shape index (κ2) is 4.86. The number of carbonyl (C=O) groups is 2. The zero-order chi connectivity index (χ0) is 13.3. The second-order valence-electron chi connectivity index (χ2n) is 4.40. The lowest BCUT2D eigenvalue weighted by Gasteiger charge is -2.13. The average Bonchev–Trinajstić information content (AvgIpc) is 3.07. The maximum absolute atomic E-state index is 11.9. The molecule has 1 aliphatic carbocycles. The van der Waals surface area contributed by atoms with Gasteiger partial charge in [0.1, 0.15) is 6.04 Å². The summed E-state index contributed by atoms with van der Waals surface area (Å²) in [5, 5.41) is 11.9. The van der Waals surface area contributed by atoms with E-state index in [-0.39, 0.29) is 11.5 Å². The number of carbonyl (C=O) groups excluding carboxylic acids is 1. The Hall–Kier alpha value is -1.75. The molecule has 4 N–H and O–H groups in total. The molecule has 0 bridgehead atoms. The highest BCUT2D eigenvalue weighted by molar-refractivity contribution is 6.31. The number of benzene rings is 1. The molecule has 1 aromatic carbocycles. The minimum absolute atomic E-state index is 0.0305. The van der Waals surface area contributed by atoms with Crippen molar-refractivity contribution >= 4 is 29.2 Å². The number of nitrogen functional groups attached to an aromatic ring is 1. The van der Waals surface area contributed by atoms with Gasteiger partial charge in [0, 0.05) is 16.3 Å². The smallest absolute Gasteiger partial charge is 0.326 e. The van der Waals surface area contributed by atoms with Crippen molar-refractivity contribution in [3.8, 4) is 0 Å². The first kappa shape index (κ1) is 12.7. The third-order valence-corrected chi connectivity index (χ3v) is 3.05. The van der Waals surface area contributed by atoms with Gasteiger partial charge in [0.05, 0.1) is 0 Å². The van der Waals surface area contributed by atoms with Crippen LogP contribution >= 0.6 is 11.6 Å². The number of halogens is 1. The molecule has 1 saturated carbocycles. The average molecular weight is 269 g/mol. The lowest BCUT2D eigenvalue weighted by atomic mass is 10.1. The first-order chi connectivity index (χ1) is 8.47. The molecule has 2 rings (SSSR count). The van der Waals surface area contributed by atoms with Gasteiger partial charge in [-0.15, -0.1) is 0 Å². The third kappa shape index (κ3) is 2.92. The van der Waals surface area contributed by atoms with Gasteiger partial charge in [0.15, 0.2) is 0 Å². The highest BCUT2D eigenvalue weighted by Crippen LogP contribution is 2.33. The molecule has 1 unspecified atom stereocenters. The highest BCUT2D eigenvalue weighted by atomic mass is 35.5. The summed E-state index contributed by atoms with van der Waals surface area (Å²) in [6, 6.07) is 3.61. The van der Waals surface area contributed by atoms with Crippen LogP contribution in [0.4, 0.5) is 5.69 Å². The van der Waals surface area contributed by atoms with E-state index in [9.17, 15) is 9.59 Å². The van der Waals surface area contributed by atoms with E-state index >= 15 is 0 Å². The number of nitrogens with two attached hydrogens (primary N) is 1. The van der Waals surface area contributed by atoms with Gasteiger partial charge in [-0.1, -0.05) is 11.6 Å². The molecule has 18 heavy (non-hydrogen) atoms. The number of hydrogen-bond acceptors (Lipinski definition) is 3. The summed E-state index contributed by atoms with van der Waals surface area (Å²) in [7, 11) is 0. The number of carboxylic acids is 1. The van der Waals surface area contributed by atoms with Crippen LogP contribution in [0.2, 0.25) is 5.02 Å². The molecule has 6 heteroatoms. The molecule has 0 aliphatic heterocycles. The van der Waals surface area contributed by atoms with E-state index in [1.54, 1.807) is 0 Å². The molecule has 0 saturated heterocycles. The van der Waals surface area contributed by atoms with E-state index in [1.165, 1.54) is 18.2 Å². The maximum atomic E-state index is 11.9. The molecule has 1 aromatic rings. The van der Waals surface area contributed by atoms with Crippen LogP contribution < -0.4 is 11.1 Å². The van der Waals surface area contributed by atoms with Gasteiger partial charge in [-0.25, -0.2) is 4.79 Å². The summed E-state index contributed by atoms with van der Waals surface area (Å²) >= 11 is 5.79. The zero-order valence-electron chi connectivity index (χ0n) is 9.52. The van der Waals surface area contributed by atoms with Crippen molar-refractivity contribution in [3.05, 3.63) is 28.8 Å². The summed E-state index contributed by atoms with van der Waals surface area (Å²) in [5.41, 5.74) is 6.22. The van der Waals surface area contributed by atoms with Crippen LogP contribution in [0.25, 0.3) is 0 Å². The van der Waals surface area contributed by atoms with Crippen molar-refractivity contribution in [2.24, 2.45) is 5.92 Å². The number of hydrogen-bond donors (Lipinski definition) is 3. The van der Waals surface area contributed by atoms with E-state index in [4.69, 9.17) is 22.4 Å². The molecule has 0 spiro atoms. The Morgan fingerprint density at radius 1 is 1.39 bits per heavy atom. The van der Waals surface area contributed by atoms with Crippen molar-refractivity contribution in [3.63, 3.8) is 0 Å². The fraction of sp³-hybridized carbons (Fsp3) is 0.333. The second-order valence-corrected chi connectivity index (χ2v) is 4.84. The fourth-order valence-corrected chi connectivity index (χ4v) is 2.02. The van der Waals surface area contributed by atoms with Crippen molar-refractivity contribution in [2.75, 3.05) is 5.73 Å². The van der Waals surface area contributed by atoms with Crippen LogP contribution in [0, 0.1) is 5.92 Å². The van der Waals surface area contributed by atoms with Gasteiger partial charge in [0.2, 0.25) is 0 Å². The Bertz CT molecular complexity index is 480. The van der Waals surface area contributed by atoms with E-state index in [0.29, 0.717) is 10.7 Å². The largest absolute Gasteiger partial charge is 0.480 e. The lowest BCUT2D eigenvalue weighted by Crippen LogP contribution is -2.42. The summed E-state index contributed by atoms with van der Waals surface area (Å²) in [5.74, 6) is -1.45. The predicted molar refractivity (Wildman–Crippen MR) is 67.5 cm³/mol. The molecular formula is C12H13ClN2O3. The topological polar surface area (TPSA) is 92.4 Å². The molecular weight excluding hydrogens is 256 g/mol. The van der Waals surface area contributed by atoms with Crippen molar-refractivity contribution in [1.29, 1.82) is 0 Å². The number of rotatable bonds is 4. The third-order valence-electron chi connectivity index (χ3n) is 2.83. The first-order valence-electron chi connectivity index (χ1n) is 5.57. The van der Waals surface area contributed by atoms with Crippen LogP contribution in [0.3, 0.4) is 0 Å². The van der Waals surface area contributed by atoms with Gasteiger partial charge in [-0.05, 0) is 37.0 Å². The quantitative estimate of drug-likeness (QED) is 0.722. The van der Waals surface area contributed by atoms with Gasteiger partial charge in [0.25, 0.3) is 5.91 Å². The van der Waals surface area contributed by atoms with Crippen LogP contribution in [-0.4, -0.2) is 23.0 Å². The van der Waals surface area contributed by atoms with Gasteiger partial charge < -0.3 is 16.2 Å². The molecule has 0 heterocycles. The highest BCUT2D eigenvalue weighted by Gasteiger charge is 2.37. The SMILES string of the molecule is Nc1cc(Cl)cc(C(=O)NC(C(=O)O)C2CC2)c1. The Kier molecular flexibility index (Phi) is 3.43. The normalized spacial score (nSPS) is 16.1. The van der Waals surface area contributed by atoms with Crippen molar-refractivity contribution < 1.29 is 14.7 Å². The predicted octanol–water partition coefficient (Wildman–Crippen LogP) is 1.52. The van der Waals surface area contributed by atoms with E-state index in [2.05, 4.69) is 5.32 Å². The van der Waals surface area contributed by atoms with E-state index in [1.807, 2.05) is 0 Å². The molecule has 1 amide bonds. The summed E-state index contributed by atoms with van der Waals surface area (Å²) in [4.78, 5) is 22.9. The Labute approximate surface area is 109 Å². The fourth-order valence-electron chi connectivity index (χ4n) is 1.78. The zero-order valence-corrected chi connectivity index (χ0v) is 10.3. The standard InChI is InChI=1S/C12H13ClN2O3/c13-8-3-7(4-9(14)5-8)11(16)15-10(12(17)18)6-1-2-6/h3-6,10H,1-2,14H2,(H,15,16)(H,17,18). The maximum Gasteiger partial charge on any atom is 0.326 e. The number of nitrogens with one attached hydrogen (secondary N) is 1. The molecule has 96 valence electrons. The Morgan fingerprint density at radius 3 is 2.56 bits per heavy atom. The summed E-state index contributed by atoms with van der Waals surface area (Å²) < 4.78 is 0.